The molecular weight excluding hydrogens is 230 g/mol. The zero-order chi connectivity index (χ0) is 13.6. The molecule has 0 spiro atoms. The molecule has 0 radical (unpaired) electrons. The third-order valence-electron chi connectivity index (χ3n) is 6.01. The van der Waals surface area contributed by atoms with E-state index >= 15 is 0 Å². The molecule has 112 valence electrons. The Morgan fingerprint density at radius 1 is 0.579 bits per heavy atom. The highest BCUT2D eigenvalue weighted by Gasteiger charge is 2.38. The Morgan fingerprint density at radius 3 is 1.16 bits per heavy atom. The quantitative estimate of drug-likeness (QED) is 0.654. The molecule has 0 heterocycles. The summed E-state index contributed by atoms with van der Waals surface area (Å²) >= 11 is 0. The van der Waals surface area contributed by atoms with Gasteiger partial charge in [0, 0.05) is 11.1 Å². The lowest BCUT2D eigenvalue weighted by Crippen LogP contribution is -2.57. The van der Waals surface area contributed by atoms with E-state index in [1.165, 1.54) is 89.9 Å². The van der Waals surface area contributed by atoms with Crippen LogP contribution in [0.2, 0.25) is 0 Å². The summed E-state index contributed by atoms with van der Waals surface area (Å²) < 4.78 is 0. The highest BCUT2D eigenvalue weighted by molar-refractivity contribution is 4.99. The van der Waals surface area contributed by atoms with Crippen molar-refractivity contribution in [1.29, 1.82) is 0 Å². The molecule has 0 amide bonds. The molecule has 2 aliphatic rings. The molecule has 0 aliphatic heterocycles. The molecule has 1 heteroatoms. The Morgan fingerprint density at radius 2 is 0.895 bits per heavy atom. The van der Waals surface area contributed by atoms with Crippen LogP contribution < -0.4 is 5.32 Å². The van der Waals surface area contributed by atoms with E-state index in [9.17, 15) is 0 Å². The molecule has 0 aromatic rings. The molecule has 0 aromatic carbocycles. The van der Waals surface area contributed by atoms with Crippen LogP contribution in [0.3, 0.4) is 0 Å². The van der Waals surface area contributed by atoms with Crippen molar-refractivity contribution in [3.63, 3.8) is 0 Å². The number of hydrogen-bond acceptors (Lipinski definition) is 1. The minimum absolute atomic E-state index is 0.469. The van der Waals surface area contributed by atoms with Crippen LogP contribution in [0.5, 0.6) is 0 Å². The average molecular weight is 265 g/mol. The van der Waals surface area contributed by atoms with Crippen LogP contribution in [0, 0.1) is 0 Å². The Kier molecular flexibility index (Phi) is 5.74. The minimum Gasteiger partial charge on any atom is -0.306 e. The minimum atomic E-state index is 0.469. The molecule has 2 saturated carbocycles. The van der Waals surface area contributed by atoms with Crippen LogP contribution in [0.4, 0.5) is 0 Å². The summed E-state index contributed by atoms with van der Waals surface area (Å²) in [7, 11) is 0. The molecule has 19 heavy (non-hydrogen) atoms. The predicted octanol–water partition coefficient (Wildman–Crippen LogP) is 5.58. The summed E-state index contributed by atoms with van der Waals surface area (Å²) in [6, 6.07) is 0. The topological polar surface area (TPSA) is 12.0 Å². The first kappa shape index (κ1) is 15.4. The van der Waals surface area contributed by atoms with Crippen molar-refractivity contribution >= 4 is 0 Å². The van der Waals surface area contributed by atoms with Gasteiger partial charge in [0.05, 0.1) is 0 Å². The van der Waals surface area contributed by atoms with Gasteiger partial charge in [-0.1, -0.05) is 65.2 Å². The van der Waals surface area contributed by atoms with E-state index in [2.05, 4.69) is 19.2 Å². The number of hydrogen-bond donors (Lipinski definition) is 1. The lowest BCUT2D eigenvalue weighted by molar-refractivity contribution is 0.152. The second-order valence-electron chi connectivity index (χ2n) is 7.22. The smallest absolute Gasteiger partial charge is 0.0184 e. The second-order valence-corrected chi connectivity index (χ2v) is 7.22. The number of nitrogens with one attached hydrogen (secondary N) is 1. The summed E-state index contributed by atoms with van der Waals surface area (Å²) in [5.74, 6) is 0. The Labute approximate surface area is 120 Å². The van der Waals surface area contributed by atoms with Gasteiger partial charge >= 0.3 is 0 Å². The van der Waals surface area contributed by atoms with Gasteiger partial charge in [-0.3, -0.25) is 0 Å². The Balaban J connectivity index is 2.08. The Bertz CT molecular complexity index is 216. The maximum atomic E-state index is 4.26. The van der Waals surface area contributed by atoms with Crippen molar-refractivity contribution in [2.45, 2.75) is 115 Å². The second kappa shape index (κ2) is 7.11. The van der Waals surface area contributed by atoms with E-state index < -0.39 is 0 Å². The van der Waals surface area contributed by atoms with Crippen LogP contribution in [0.25, 0.3) is 0 Å². The zero-order valence-corrected chi connectivity index (χ0v) is 13.4. The number of rotatable bonds is 4. The van der Waals surface area contributed by atoms with Crippen LogP contribution in [-0.4, -0.2) is 11.1 Å². The first-order chi connectivity index (χ1) is 9.24. The van der Waals surface area contributed by atoms with Crippen molar-refractivity contribution in [2.75, 3.05) is 0 Å². The van der Waals surface area contributed by atoms with Gasteiger partial charge in [-0.25, -0.2) is 0 Å². The van der Waals surface area contributed by atoms with E-state index in [0.29, 0.717) is 11.1 Å². The van der Waals surface area contributed by atoms with Gasteiger partial charge in [-0.15, -0.1) is 0 Å². The highest BCUT2D eigenvalue weighted by Crippen LogP contribution is 2.37. The highest BCUT2D eigenvalue weighted by atomic mass is 15.1. The van der Waals surface area contributed by atoms with Crippen molar-refractivity contribution in [3.05, 3.63) is 0 Å². The lowest BCUT2D eigenvalue weighted by atomic mass is 9.79. The normalized spacial score (nSPS) is 27.5. The third kappa shape index (κ3) is 3.97. The fourth-order valence-corrected chi connectivity index (χ4v) is 4.51. The van der Waals surface area contributed by atoms with Crippen molar-refractivity contribution in [3.8, 4) is 0 Å². The fraction of sp³-hybridized carbons (Fsp3) is 1.00. The summed E-state index contributed by atoms with van der Waals surface area (Å²) in [6.07, 6.45) is 20.0. The SMILES string of the molecule is CCC1(NC2(CC)CCCCCC2)CCCCCC1. The van der Waals surface area contributed by atoms with Gasteiger partial charge in [0.15, 0.2) is 0 Å². The van der Waals surface area contributed by atoms with Gasteiger partial charge in [-0.2, -0.15) is 0 Å². The molecule has 2 aliphatic carbocycles. The van der Waals surface area contributed by atoms with Crippen LogP contribution in [0.15, 0.2) is 0 Å². The van der Waals surface area contributed by atoms with E-state index in [-0.39, 0.29) is 0 Å². The van der Waals surface area contributed by atoms with E-state index in [4.69, 9.17) is 0 Å². The zero-order valence-electron chi connectivity index (χ0n) is 13.4. The van der Waals surface area contributed by atoms with Crippen molar-refractivity contribution in [1.82, 2.24) is 5.32 Å². The fourth-order valence-electron chi connectivity index (χ4n) is 4.51. The van der Waals surface area contributed by atoms with Gasteiger partial charge < -0.3 is 5.32 Å². The molecule has 0 aromatic heterocycles. The first-order valence-corrected chi connectivity index (χ1v) is 9.04. The molecule has 0 unspecified atom stereocenters. The van der Waals surface area contributed by atoms with Gasteiger partial charge in [0.2, 0.25) is 0 Å². The largest absolute Gasteiger partial charge is 0.306 e. The van der Waals surface area contributed by atoms with Crippen LogP contribution in [0.1, 0.15) is 104 Å². The van der Waals surface area contributed by atoms with Crippen molar-refractivity contribution in [2.24, 2.45) is 0 Å². The van der Waals surface area contributed by atoms with Crippen molar-refractivity contribution < 1.29 is 0 Å². The molecule has 2 fully saturated rings. The monoisotopic (exact) mass is 265 g/mol. The Hall–Kier alpha value is -0.0400. The molecule has 0 saturated heterocycles. The molecule has 2 rings (SSSR count). The maximum absolute atomic E-state index is 4.26. The van der Waals surface area contributed by atoms with Gasteiger partial charge in [0.1, 0.15) is 0 Å². The van der Waals surface area contributed by atoms with Gasteiger partial charge in [-0.05, 0) is 38.5 Å². The van der Waals surface area contributed by atoms with Crippen LogP contribution in [-0.2, 0) is 0 Å². The van der Waals surface area contributed by atoms with Gasteiger partial charge in [0.25, 0.3) is 0 Å². The average Bonchev–Trinajstić information content (AvgIpc) is 2.81. The maximum Gasteiger partial charge on any atom is 0.0184 e. The standard InChI is InChI=1S/C18H35N/c1-3-17(13-9-5-6-10-14-17)19-18(4-2)15-11-7-8-12-16-18/h19H,3-16H2,1-2H3. The summed E-state index contributed by atoms with van der Waals surface area (Å²) in [4.78, 5) is 0. The predicted molar refractivity (Wildman–Crippen MR) is 84.6 cm³/mol. The van der Waals surface area contributed by atoms with E-state index in [1.807, 2.05) is 0 Å². The molecule has 0 atom stereocenters. The first-order valence-electron chi connectivity index (χ1n) is 9.04. The molecule has 1 N–H and O–H groups in total. The molecule has 0 bridgehead atoms. The van der Waals surface area contributed by atoms with E-state index in [1.54, 1.807) is 0 Å². The summed E-state index contributed by atoms with van der Waals surface area (Å²) in [5.41, 5.74) is 0.938. The van der Waals surface area contributed by atoms with Crippen LogP contribution >= 0.6 is 0 Å². The molecular formula is C18H35N. The molecule has 1 nitrogen and oxygen atoms in total. The summed E-state index contributed by atoms with van der Waals surface area (Å²) in [6.45, 7) is 4.83. The summed E-state index contributed by atoms with van der Waals surface area (Å²) in [5, 5.41) is 4.26. The lowest BCUT2D eigenvalue weighted by Gasteiger charge is -2.45. The third-order valence-corrected chi connectivity index (χ3v) is 6.01. The van der Waals surface area contributed by atoms with E-state index in [0.717, 1.165) is 0 Å².